The second kappa shape index (κ2) is 12.4. The van der Waals surface area contributed by atoms with Crippen LogP contribution in [0.4, 0.5) is 5.69 Å². The number of nitrogens with one attached hydrogen (secondary N) is 2. The van der Waals surface area contributed by atoms with Gasteiger partial charge in [-0.25, -0.2) is 0 Å². The van der Waals surface area contributed by atoms with E-state index in [9.17, 15) is 19.5 Å². The normalized spacial score (nSPS) is 29.9. The number of benzene rings is 1. The monoisotopic (exact) mass is 560 g/mol. The molecule has 10 nitrogen and oxygen atoms in total. The van der Waals surface area contributed by atoms with Gasteiger partial charge in [-0.05, 0) is 56.9 Å². The Hall–Kier alpha value is -2.34. The Labute approximate surface area is 234 Å². The van der Waals surface area contributed by atoms with Gasteiger partial charge in [0, 0.05) is 50.3 Å². The van der Waals surface area contributed by atoms with Crippen LogP contribution >= 0.6 is 11.8 Å². The number of amides is 3. The first kappa shape index (κ1) is 28.2. The number of aliphatic hydroxyl groups is 1. The number of nitrogens with zero attached hydrogens (tertiary/aromatic N) is 2. The van der Waals surface area contributed by atoms with Crippen molar-refractivity contribution in [1.82, 2.24) is 15.1 Å². The number of morpholine rings is 1. The average Bonchev–Trinajstić information content (AvgIpc) is 3.58. The standard InChI is InChI=1S/C28H40N4O6S/c1-2-38-20-7-5-19(6-8-20)30-25(34)22-21-9-10-28(39-21)23(22)27(36)32(12-3-4-16-33)24(28)26(35)29-11-13-31-14-17-37-18-15-31/h5-8,21-24,33H,2-4,9-18H2,1H3,(H,29,35)(H,30,34)/t21-,22+,23-,24?,28?/m0/s1. The highest BCUT2D eigenvalue weighted by atomic mass is 32.2. The zero-order valence-corrected chi connectivity index (χ0v) is 23.4. The van der Waals surface area contributed by atoms with Gasteiger partial charge in [0.1, 0.15) is 11.8 Å². The number of fused-ring (bicyclic) bond motifs is 1. The van der Waals surface area contributed by atoms with Crippen molar-refractivity contribution in [1.29, 1.82) is 0 Å². The van der Waals surface area contributed by atoms with E-state index in [0.29, 0.717) is 51.4 Å². The molecule has 3 N–H and O–H groups in total. The average molecular weight is 561 g/mol. The van der Waals surface area contributed by atoms with Crippen molar-refractivity contribution in [2.24, 2.45) is 11.8 Å². The maximum atomic E-state index is 13.9. The smallest absolute Gasteiger partial charge is 0.244 e. The molecule has 5 rings (SSSR count). The lowest BCUT2D eigenvalue weighted by atomic mass is 9.70. The Morgan fingerprint density at radius 3 is 2.64 bits per heavy atom. The van der Waals surface area contributed by atoms with Crippen LogP contribution in [-0.2, 0) is 19.1 Å². The third-order valence-corrected chi connectivity index (χ3v) is 10.4. The lowest BCUT2D eigenvalue weighted by Crippen LogP contribution is -2.54. The number of carbonyl (C=O) groups excluding carboxylic acids is 3. The first-order valence-electron chi connectivity index (χ1n) is 14.2. The number of thioether (sulfide) groups is 1. The van der Waals surface area contributed by atoms with Crippen LogP contribution in [0.25, 0.3) is 0 Å². The number of hydrogen-bond acceptors (Lipinski definition) is 8. The molecule has 1 aromatic carbocycles. The number of carbonyl (C=O) groups is 3. The summed E-state index contributed by atoms with van der Waals surface area (Å²) in [7, 11) is 0. The Morgan fingerprint density at radius 1 is 1.15 bits per heavy atom. The number of aliphatic hydroxyl groups excluding tert-OH is 1. The summed E-state index contributed by atoms with van der Waals surface area (Å²) in [5, 5.41) is 15.5. The molecule has 2 bridgehead atoms. The molecule has 4 heterocycles. The molecule has 39 heavy (non-hydrogen) atoms. The molecular formula is C28H40N4O6S. The Bertz CT molecular complexity index is 1040. The second-order valence-corrected chi connectivity index (χ2v) is 12.3. The van der Waals surface area contributed by atoms with Crippen LogP contribution in [0.3, 0.4) is 0 Å². The maximum Gasteiger partial charge on any atom is 0.244 e. The summed E-state index contributed by atoms with van der Waals surface area (Å²) < 4.78 is 10.3. The number of hydrogen-bond donors (Lipinski definition) is 3. The molecule has 4 fully saturated rings. The summed E-state index contributed by atoms with van der Waals surface area (Å²) in [5.74, 6) is -0.703. The van der Waals surface area contributed by atoms with Crippen molar-refractivity contribution >= 4 is 35.2 Å². The summed E-state index contributed by atoms with van der Waals surface area (Å²) in [6.07, 6.45) is 2.71. The van der Waals surface area contributed by atoms with E-state index in [-0.39, 0.29) is 29.6 Å². The molecule has 4 aliphatic rings. The quantitative estimate of drug-likeness (QED) is 0.328. The molecule has 0 aromatic heterocycles. The minimum atomic E-state index is -0.614. The van der Waals surface area contributed by atoms with E-state index >= 15 is 0 Å². The van der Waals surface area contributed by atoms with E-state index < -0.39 is 22.6 Å². The van der Waals surface area contributed by atoms with E-state index in [4.69, 9.17) is 9.47 Å². The van der Waals surface area contributed by atoms with Crippen molar-refractivity contribution < 1.29 is 29.0 Å². The molecule has 1 aromatic rings. The van der Waals surface area contributed by atoms with Crippen molar-refractivity contribution in [2.75, 3.05) is 64.5 Å². The van der Waals surface area contributed by atoms with Gasteiger partial charge in [-0.1, -0.05) is 0 Å². The first-order chi connectivity index (χ1) is 19.0. The Kier molecular flexibility index (Phi) is 9.00. The van der Waals surface area contributed by atoms with Gasteiger partial charge in [0.05, 0.1) is 36.4 Å². The first-order valence-corrected chi connectivity index (χ1v) is 15.1. The zero-order valence-electron chi connectivity index (χ0n) is 22.6. The highest BCUT2D eigenvalue weighted by Gasteiger charge is 2.73. The van der Waals surface area contributed by atoms with Crippen LogP contribution in [0.1, 0.15) is 32.6 Å². The van der Waals surface area contributed by atoms with Crippen molar-refractivity contribution in [3.8, 4) is 5.75 Å². The van der Waals surface area contributed by atoms with E-state index in [1.54, 1.807) is 28.8 Å². The second-order valence-electron chi connectivity index (χ2n) is 10.7. The molecule has 4 saturated heterocycles. The molecule has 1 spiro atoms. The van der Waals surface area contributed by atoms with Crippen LogP contribution in [0, 0.1) is 11.8 Å². The number of ether oxygens (including phenoxy) is 2. The van der Waals surface area contributed by atoms with Crippen LogP contribution in [0.2, 0.25) is 0 Å². The molecule has 0 saturated carbocycles. The topological polar surface area (TPSA) is 120 Å². The molecule has 3 amide bonds. The predicted octanol–water partition coefficient (Wildman–Crippen LogP) is 1.34. The van der Waals surface area contributed by atoms with Gasteiger partial charge in [-0.15, -0.1) is 11.8 Å². The molecule has 214 valence electrons. The summed E-state index contributed by atoms with van der Waals surface area (Å²) in [6.45, 7) is 7.26. The SMILES string of the molecule is CCOc1ccc(NC(=O)[C@@H]2[C@@H]3CCC4(S3)C(C(=O)NCCN3CCOCC3)N(CCCCO)C(=O)[C@H]24)cc1. The van der Waals surface area contributed by atoms with Gasteiger partial charge < -0.3 is 30.1 Å². The van der Waals surface area contributed by atoms with Crippen molar-refractivity contribution in [3.63, 3.8) is 0 Å². The minimum absolute atomic E-state index is 0.00453. The molecule has 0 aliphatic carbocycles. The maximum absolute atomic E-state index is 13.9. The van der Waals surface area contributed by atoms with E-state index in [1.807, 2.05) is 19.1 Å². The molecule has 11 heteroatoms. The summed E-state index contributed by atoms with van der Waals surface area (Å²) >= 11 is 1.67. The number of unbranched alkanes of at least 4 members (excludes halogenated alkanes) is 1. The van der Waals surface area contributed by atoms with Crippen LogP contribution in [0.15, 0.2) is 24.3 Å². The molecule has 0 radical (unpaired) electrons. The fourth-order valence-corrected chi connectivity index (χ4v) is 8.89. The lowest BCUT2D eigenvalue weighted by Gasteiger charge is -2.34. The Morgan fingerprint density at radius 2 is 1.92 bits per heavy atom. The summed E-state index contributed by atoms with van der Waals surface area (Å²) in [6, 6.07) is 6.63. The number of rotatable bonds is 12. The molecule has 2 unspecified atom stereocenters. The third kappa shape index (κ3) is 5.64. The van der Waals surface area contributed by atoms with Gasteiger partial charge in [0.2, 0.25) is 17.7 Å². The molecular weight excluding hydrogens is 520 g/mol. The van der Waals surface area contributed by atoms with Crippen LogP contribution in [-0.4, -0.2) is 108 Å². The van der Waals surface area contributed by atoms with Gasteiger partial charge in [-0.3, -0.25) is 19.3 Å². The third-order valence-electron chi connectivity index (χ3n) is 8.42. The predicted molar refractivity (Wildman–Crippen MR) is 149 cm³/mol. The fraction of sp³-hybridized carbons (Fsp3) is 0.679. The highest BCUT2D eigenvalue weighted by molar-refractivity contribution is 8.02. The molecule has 5 atom stereocenters. The van der Waals surface area contributed by atoms with E-state index in [0.717, 1.165) is 38.2 Å². The van der Waals surface area contributed by atoms with E-state index in [1.165, 1.54) is 0 Å². The summed E-state index contributed by atoms with van der Waals surface area (Å²) in [4.78, 5) is 45.3. The van der Waals surface area contributed by atoms with Crippen molar-refractivity contribution in [2.45, 2.75) is 48.6 Å². The molecule has 4 aliphatic heterocycles. The highest BCUT2D eigenvalue weighted by Crippen LogP contribution is 2.66. The largest absolute Gasteiger partial charge is 0.494 e. The Balaban J connectivity index is 1.31. The minimum Gasteiger partial charge on any atom is -0.494 e. The van der Waals surface area contributed by atoms with Gasteiger partial charge in [-0.2, -0.15) is 0 Å². The van der Waals surface area contributed by atoms with Gasteiger partial charge in [0.15, 0.2) is 0 Å². The lowest BCUT2D eigenvalue weighted by molar-refractivity contribution is -0.139. The van der Waals surface area contributed by atoms with Gasteiger partial charge in [0.25, 0.3) is 0 Å². The van der Waals surface area contributed by atoms with Crippen LogP contribution in [0.5, 0.6) is 5.75 Å². The zero-order chi connectivity index (χ0) is 27.4. The van der Waals surface area contributed by atoms with Gasteiger partial charge >= 0.3 is 0 Å². The van der Waals surface area contributed by atoms with Crippen LogP contribution < -0.4 is 15.4 Å². The van der Waals surface area contributed by atoms with Crippen molar-refractivity contribution in [3.05, 3.63) is 24.3 Å². The summed E-state index contributed by atoms with van der Waals surface area (Å²) in [5.41, 5.74) is 0.660. The fourth-order valence-electron chi connectivity index (χ4n) is 6.67. The number of likely N-dealkylation sites (tertiary alicyclic amines) is 1. The van der Waals surface area contributed by atoms with E-state index in [2.05, 4.69) is 15.5 Å². The number of anilines is 1.